The molecule has 0 amide bonds. The summed E-state index contributed by atoms with van der Waals surface area (Å²) in [6.07, 6.45) is -2.89. The summed E-state index contributed by atoms with van der Waals surface area (Å²) in [5, 5.41) is 3.24. The van der Waals surface area contributed by atoms with E-state index in [4.69, 9.17) is 0 Å². The second-order valence-electron chi connectivity index (χ2n) is 6.00. The second kappa shape index (κ2) is 8.42. The number of alkyl halides is 3. The van der Waals surface area contributed by atoms with Gasteiger partial charge in [0.2, 0.25) is 0 Å². The van der Waals surface area contributed by atoms with Gasteiger partial charge in [-0.3, -0.25) is 0 Å². The van der Waals surface area contributed by atoms with Crippen LogP contribution < -0.4 is 5.32 Å². The van der Waals surface area contributed by atoms with Crippen molar-refractivity contribution in [1.29, 1.82) is 0 Å². The molecule has 0 fully saturated rings. The van der Waals surface area contributed by atoms with Gasteiger partial charge in [0.1, 0.15) is 0 Å². The number of benzene rings is 1. The largest absolute Gasteiger partial charge is 0.389 e. The maximum atomic E-state index is 12.5. The molecular formula is C17H26F3N. The standard InChI is InChI=1S/C17H26F3N/c1-4-10-21-16(8-9-17(18,19)20)15-7-5-6-14(12-15)11-13(2)3/h5-7,12-13,16,21H,4,8-11H2,1-3H3. The lowest BCUT2D eigenvalue weighted by Crippen LogP contribution is -2.24. The Hall–Kier alpha value is -1.03. The molecule has 1 atom stereocenters. The van der Waals surface area contributed by atoms with E-state index in [1.807, 2.05) is 31.2 Å². The Morgan fingerprint density at radius 1 is 1.19 bits per heavy atom. The van der Waals surface area contributed by atoms with Crippen LogP contribution in [0.15, 0.2) is 24.3 Å². The van der Waals surface area contributed by atoms with E-state index < -0.39 is 12.6 Å². The molecule has 0 heterocycles. The lowest BCUT2D eigenvalue weighted by Gasteiger charge is -2.21. The molecule has 21 heavy (non-hydrogen) atoms. The van der Waals surface area contributed by atoms with Gasteiger partial charge in [0.25, 0.3) is 0 Å². The topological polar surface area (TPSA) is 12.0 Å². The molecule has 0 aromatic heterocycles. The summed E-state index contributed by atoms with van der Waals surface area (Å²) in [7, 11) is 0. The van der Waals surface area contributed by atoms with Gasteiger partial charge < -0.3 is 5.32 Å². The molecule has 1 N–H and O–H groups in total. The summed E-state index contributed by atoms with van der Waals surface area (Å²) >= 11 is 0. The van der Waals surface area contributed by atoms with Gasteiger partial charge in [-0.15, -0.1) is 0 Å². The minimum atomic E-state index is -4.10. The van der Waals surface area contributed by atoms with Gasteiger partial charge in [-0.2, -0.15) is 13.2 Å². The van der Waals surface area contributed by atoms with Crippen LogP contribution in [0.2, 0.25) is 0 Å². The molecule has 0 saturated heterocycles. The zero-order valence-electron chi connectivity index (χ0n) is 13.1. The van der Waals surface area contributed by atoms with E-state index in [1.165, 1.54) is 5.56 Å². The first-order valence-corrected chi connectivity index (χ1v) is 7.70. The van der Waals surface area contributed by atoms with Crippen molar-refractivity contribution in [2.45, 2.75) is 58.7 Å². The first-order chi connectivity index (χ1) is 9.81. The lowest BCUT2D eigenvalue weighted by molar-refractivity contribution is -0.136. The van der Waals surface area contributed by atoms with Crippen molar-refractivity contribution < 1.29 is 13.2 Å². The van der Waals surface area contributed by atoms with Gasteiger partial charge in [0, 0.05) is 12.5 Å². The Labute approximate surface area is 125 Å². The van der Waals surface area contributed by atoms with Crippen molar-refractivity contribution in [3.05, 3.63) is 35.4 Å². The fourth-order valence-corrected chi connectivity index (χ4v) is 2.42. The highest BCUT2D eigenvalue weighted by atomic mass is 19.4. The van der Waals surface area contributed by atoms with Crippen LogP contribution in [0, 0.1) is 5.92 Å². The first-order valence-electron chi connectivity index (χ1n) is 7.70. The van der Waals surface area contributed by atoms with Crippen LogP contribution in [-0.4, -0.2) is 12.7 Å². The number of halogens is 3. The summed E-state index contributed by atoms with van der Waals surface area (Å²) in [4.78, 5) is 0. The Kier molecular flexibility index (Phi) is 7.23. The van der Waals surface area contributed by atoms with Crippen LogP contribution in [0.25, 0.3) is 0 Å². The highest BCUT2D eigenvalue weighted by Gasteiger charge is 2.28. The lowest BCUT2D eigenvalue weighted by atomic mass is 9.96. The number of hydrogen-bond donors (Lipinski definition) is 1. The Morgan fingerprint density at radius 3 is 2.48 bits per heavy atom. The zero-order valence-corrected chi connectivity index (χ0v) is 13.1. The first kappa shape index (κ1) is 18.0. The number of nitrogens with one attached hydrogen (secondary N) is 1. The van der Waals surface area contributed by atoms with Gasteiger partial charge in [0.05, 0.1) is 0 Å². The third kappa shape index (κ3) is 7.51. The Balaban J connectivity index is 2.81. The van der Waals surface area contributed by atoms with Gasteiger partial charge in [-0.05, 0) is 42.9 Å². The number of rotatable bonds is 8. The molecule has 0 saturated carbocycles. The predicted molar refractivity (Wildman–Crippen MR) is 81.3 cm³/mol. The van der Waals surface area contributed by atoms with E-state index in [0.717, 1.165) is 24.9 Å². The van der Waals surface area contributed by atoms with E-state index >= 15 is 0 Å². The summed E-state index contributed by atoms with van der Waals surface area (Å²) in [6, 6.07) is 7.74. The molecule has 0 aliphatic rings. The molecule has 1 rings (SSSR count). The van der Waals surface area contributed by atoms with Gasteiger partial charge in [-0.25, -0.2) is 0 Å². The summed E-state index contributed by atoms with van der Waals surface area (Å²) in [5.74, 6) is 0.539. The van der Waals surface area contributed by atoms with Gasteiger partial charge in [0.15, 0.2) is 0 Å². The molecule has 1 aromatic rings. The molecule has 4 heteroatoms. The van der Waals surface area contributed by atoms with E-state index in [-0.39, 0.29) is 12.5 Å². The molecule has 0 aliphatic heterocycles. The molecular weight excluding hydrogens is 275 g/mol. The quantitative estimate of drug-likeness (QED) is 0.690. The van der Waals surface area contributed by atoms with Crippen LogP contribution in [0.3, 0.4) is 0 Å². The summed E-state index contributed by atoms with van der Waals surface area (Å²) < 4.78 is 37.4. The summed E-state index contributed by atoms with van der Waals surface area (Å²) in [6.45, 7) is 7.03. The van der Waals surface area contributed by atoms with Gasteiger partial charge >= 0.3 is 6.18 Å². The SMILES string of the molecule is CCCNC(CCC(F)(F)F)c1cccc(CC(C)C)c1. The van der Waals surface area contributed by atoms with E-state index in [1.54, 1.807) is 0 Å². The van der Waals surface area contributed by atoms with Crippen molar-refractivity contribution in [3.8, 4) is 0 Å². The maximum Gasteiger partial charge on any atom is 0.389 e. The van der Waals surface area contributed by atoms with E-state index in [2.05, 4.69) is 19.2 Å². The monoisotopic (exact) mass is 301 g/mol. The smallest absolute Gasteiger partial charge is 0.310 e. The van der Waals surface area contributed by atoms with Crippen molar-refractivity contribution in [3.63, 3.8) is 0 Å². The third-order valence-electron chi connectivity index (χ3n) is 3.35. The minimum absolute atomic E-state index is 0.0919. The van der Waals surface area contributed by atoms with Crippen molar-refractivity contribution in [2.75, 3.05) is 6.54 Å². The molecule has 0 bridgehead atoms. The maximum absolute atomic E-state index is 12.5. The molecule has 0 aliphatic carbocycles. The van der Waals surface area contributed by atoms with Crippen LogP contribution in [0.5, 0.6) is 0 Å². The van der Waals surface area contributed by atoms with Gasteiger partial charge in [-0.1, -0.05) is 45.0 Å². The highest BCUT2D eigenvalue weighted by Crippen LogP contribution is 2.28. The van der Waals surface area contributed by atoms with Crippen molar-refractivity contribution >= 4 is 0 Å². The average molecular weight is 301 g/mol. The Morgan fingerprint density at radius 2 is 1.90 bits per heavy atom. The molecule has 0 spiro atoms. The van der Waals surface area contributed by atoms with Crippen LogP contribution in [-0.2, 0) is 6.42 Å². The average Bonchev–Trinajstić information content (AvgIpc) is 2.37. The van der Waals surface area contributed by atoms with Crippen LogP contribution in [0.1, 0.15) is 57.2 Å². The van der Waals surface area contributed by atoms with Crippen molar-refractivity contribution in [1.82, 2.24) is 5.32 Å². The number of hydrogen-bond acceptors (Lipinski definition) is 1. The fourth-order valence-electron chi connectivity index (χ4n) is 2.42. The highest BCUT2D eigenvalue weighted by molar-refractivity contribution is 5.26. The summed E-state index contributed by atoms with van der Waals surface area (Å²) in [5.41, 5.74) is 2.16. The molecule has 1 nitrogen and oxygen atoms in total. The van der Waals surface area contributed by atoms with Crippen LogP contribution >= 0.6 is 0 Å². The normalized spacial score (nSPS) is 13.7. The Bertz CT molecular complexity index is 413. The predicted octanol–water partition coefficient (Wildman–Crippen LogP) is 5.27. The third-order valence-corrected chi connectivity index (χ3v) is 3.35. The fraction of sp³-hybridized carbons (Fsp3) is 0.647. The minimum Gasteiger partial charge on any atom is -0.310 e. The molecule has 1 aromatic carbocycles. The van der Waals surface area contributed by atoms with Crippen LogP contribution in [0.4, 0.5) is 13.2 Å². The molecule has 1 unspecified atom stereocenters. The second-order valence-corrected chi connectivity index (χ2v) is 6.00. The van der Waals surface area contributed by atoms with E-state index in [0.29, 0.717) is 5.92 Å². The molecule has 0 radical (unpaired) electrons. The van der Waals surface area contributed by atoms with E-state index in [9.17, 15) is 13.2 Å². The van der Waals surface area contributed by atoms with Crippen molar-refractivity contribution in [2.24, 2.45) is 5.92 Å². The zero-order chi connectivity index (χ0) is 15.9. The molecule has 120 valence electrons.